The van der Waals surface area contributed by atoms with E-state index in [1.54, 1.807) is 0 Å². The van der Waals surface area contributed by atoms with Crippen molar-refractivity contribution < 1.29 is 0 Å². The molecule has 0 aliphatic rings. The van der Waals surface area contributed by atoms with Gasteiger partial charge >= 0.3 is 38.8 Å². The molecule has 0 heterocycles. The van der Waals surface area contributed by atoms with Crippen LogP contribution in [0.5, 0.6) is 0 Å². The average Bonchev–Trinajstić information content (AvgIpc) is 1.38. The molecule has 0 aromatic heterocycles. The van der Waals surface area contributed by atoms with Crippen LogP contribution < -0.4 is 0 Å². The molecular weight excluding hydrogens is 97.9 g/mol. The first-order valence-corrected chi connectivity index (χ1v) is 4.23. The number of thiol groups is 1. The maximum atomic E-state index is 5.22. The van der Waals surface area contributed by atoms with E-state index >= 15 is 0 Å². The molecular formula is C2H6BPS. The third kappa shape index (κ3) is 4.71. The van der Waals surface area contributed by atoms with Gasteiger partial charge in [-0.15, -0.1) is 0 Å². The van der Waals surface area contributed by atoms with Crippen molar-refractivity contribution in [3.63, 3.8) is 0 Å². The van der Waals surface area contributed by atoms with Gasteiger partial charge in [0.2, 0.25) is 0 Å². The van der Waals surface area contributed by atoms with E-state index in [4.69, 9.17) is 7.01 Å². The van der Waals surface area contributed by atoms with E-state index in [-0.39, 0.29) is 0 Å². The fraction of sp³-hybridized carbons (Fsp3) is 1.00. The first-order valence-electron chi connectivity index (χ1n) is 1.48. The third-order valence-electron chi connectivity index (χ3n) is 0.324. The third-order valence-corrected chi connectivity index (χ3v) is 1.82. The first kappa shape index (κ1) is 5.71. The van der Waals surface area contributed by atoms with Crippen molar-refractivity contribution in [2.75, 3.05) is 6.16 Å². The molecule has 0 aromatic carbocycles. The minimum atomic E-state index is -0.404. The quantitative estimate of drug-likeness (QED) is 0.268. The SMILES string of the molecule is B#P(S)CC. The van der Waals surface area contributed by atoms with Gasteiger partial charge in [-0.1, -0.05) is 0 Å². The van der Waals surface area contributed by atoms with Crippen LogP contribution in [-0.4, -0.2) is 13.2 Å². The zero-order valence-corrected chi connectivity index (χ0v) is 4.97. The molecule has 0 fully saturated rings. The summed E-state index contributed by atoms with van der Waals surface area (Å²) in [6.07, 6.45) is 0.609. The van der Waals surface area contributed by atoms with Crippen LogP contribution in [0.4, 0.5) is 0 Å². The number of hydrogen-bond donors (Lipinski definition) is 1. The Hall–Kier alpha value is 0.715. The van der Waals surface area contributed by atoms with Crippen LogP contribution in [0, 0.1) is 0 Å². The molecule has 1 unspecified atom stereocenters. The van der Waals surface area contributed by atoms with Crippen LogP contribution in [0.1, 0.15) is 6.92 Å². The predicted octanol–water partition coefficient (Wildman–Crippen LogP) is 1.42. The molecule has 0 nitrogen and oxygen atoms in total. The molecule has 0 aliphatic carbocycles. The van der Waals surface area contributed by atoms with Gasteiger partial charge in [0.05, 0.1) is 0 Å². The van der Waals surface area contributed by atoms with Crippen LogP contribution in [-0.2, 0) is 0 Å². The normalized spacial score (nSPS) is 11.6. The maximum absolute atomic E-state index is 5.22. The Morgan fingerprint density at radius 2 is 2.20 bits per heavy atom. The van der Waals surface area contributed by atoms with Crippen LogP contribution >= 0.6 is 18.7 Å². The van der Waals surface area contributed by atoms with E-state index in [1.165, 1.54) is 0 Å². The van der Waals surface area contributed by atoms with Gasteiger partial charge in [0.15, 0.2) is 0 Å². The van der Waals surface area contributed by atoms with Gasteiger partial charge in [0, 0.05) is 0 Å². The molecule has 1 atom stereocenters. The average molecular weight is 104 g/mol. The summed E-state index contributed by atoms with van der Waals surface area (Å²) in [5.74, 6) is 0. The summed E-state index contributed by atoms with van der Waals surface area (Å²) in [5.41, 5.74) is 0. The van der Waals surface area contributed by atoms with E-state index in [0.29, 0.717) is 0 Å². The molecule has 0 bridgehead atoms. The van der Waals surface area contributed by atoms with Gasteiger partial charge in [-0.05, 0) is 0 Å². The molecule has 5 heavy (non-hydrogen) atoms. The second-order valence-electron chi connectivity index (χ2n) is 0.756. The number of hydrogen-bond acceptors (Lipinski definition) is 1. The second-order valence-corrected chi connectivity index (χ2v) is 3.81. The molecule has 0 aliphatic heterocycles. The van der Waals surface area contributed by atoms with Gasteiger partial charge in [-0.3, -0.25) is 0 Å². The summed E-state index contributed by atoms with van der Waals surface area (Å²) in [7, 11) is 5.22. The van der Waals surface area contributed by atoms with Gasteiger partial charge in [-0.25, -0.2) is 0 Å². The summed E-state index contributed by atoms with van der Waals surface area (Å²) >= 11 is 3.94. The second kappa shape index (κ2) is 2.93. The summed E-state index contributed by atoms with van der Waals surface area (Å²) in [5, 5.41) is 0. The fourth-order valence-electron chi connectivity index (χ4n) is 0. The summed E-state index contributed by atoms with van der Waals surface area (Å²) < 4.78 is 0. The van der Waals surface area contributed by atoms with Crippen molar-refractivity contribution in [2.24, 2.45) is 0 Å². The molecule has 0 saturated carbocycles. The summed E-state index contributed by atoms with van der Waals surface area (Å²) in [6, 6.07) is 0. The number of rotatable bonds is 0. The van der Waals surface area contributed by atoms with E-state index < -0.39 is 6.44 Å². The van der Waals surface area contributed by atoms with Crippen molar-refractivity contribution in [2.45, 2.75) is 6.92 Å². The van der Waals surface area contributed by atoms with Crippen molar-refractivity contribution >= 4 is 25.7 Å². The summed E-state index contributed by atoms with van der Waals surface area (Å²) in [6.45, 7) is 2.03. The van der Waals surface area contributed by atoms with Crippen molar-refractivity contribution in [1.82, 2.24) is 0 Å². The predicted molar refractivity (Wildman–Crippen MR) is 32.2 cm³/mol. The Labute approximate surface area is 39.5 Å². The standard InChI is InChI=1S/C2H6BPS/c1-2-4(3)5/h5H,2H2,1H3. The first-order chi connectivity index (χ1) is 2.27. The molecule has 0 aromatic rings. The van der Waals surface area contributed by atoms with Crippen LogP contribution in [0.25, 0.3) is 0 Å². The van der Waals surface area contributed by atoms with Crippen LogP contribution in [0.3, 0.4) is 0 Å². The fourth-order valence-corrected chi connectivity index (χ4v) is 0. The van der Waals surface area contributed by atoms with Crippen LogP contribution in [0.2, 0.25) is 0 Å². The molecule has 3 heteroatoms. The van der Waals surface area contributed by atoms with Gasteiger partial charge in [0.25, 0.3) is 0 Å². The van der Waals surface area contributed by atoms with Gasteiger partial charge in [0.1, 0.15) is 0 Å². The topological polar surface area (TPSA) is 0 Å². The molecule has 28 valence electrons. The Morgan fingerprint density at radius 3 is 2.20 bits per heavy atom. The van der Waals surface area contributed by atoms with Crippen molar-refractivity contribution in [3.05, 3.63) is 0 Å². The summed E-state index contributed by atoms with van der Waals surface area (Å²) in [4.78, 5) is 0. The van der Waals surface area contributed by atoms with E-state index in [0.717, 1.165) is 6.16 Å². The van der Waals surface area contributed by atoms with E-state index in [2.05, 4.69) is 12.2 Å². The Kier molecular flexibility index (Phi) is 3.35. The van der Waals surface area contributed by atoms with Crippen molar-refractivity contribution in [3.8, 4) is 0 Å². The van der Waals surface area contributed by atoms with Gasteiger partial charge < -0.3 is 0 Å². The molecule has 0 spiro atoms. The molecule has 0 rings (SSSR count). The Balaban J connectivity index is 2.97. The zero-order chi connectivity index (χ0) is 4.28. The molecule has 0 saturated heterocycles. The zero-order valence-electron chi connectivity index (χ0n) is 3.18. The Bertz CT molecular complexity index is 71.5. The molecule has 0 amide bonds. The monoisotopic (exact) mass is 104 g/mol. The van der Waals surface area contributed by atoms with E-state index in [1.807, 2.05) is 6.92 Å². The van der Waals surface area contributed by atoms with Gasteiger partial charge in [-0.2, -0.15) is 0 Å². The van der Waals surface area contributed by atoms with Crippen molar-refractivity contribution in [1.29, 1.82) is 0 Å². The van der Waals surface area contributed by atoms with E-state index in [9.17, 15) is 0 Å². The minimum absolute atomic E-state index is 0.404. The molecule has 0 radical (unpaired) electrons. The molecule has 0 N–H and O–H groups in total. The Morgan fingerprint density at radius 1 is 2.00 bits per heavy atom. The van der Waals surface area contributed by atoms with Crippen LogP contribution in [0.15, 0.2) is 0 Å².